The minimum Gasteiger partial charge on any atom is -0.378 e. The topological polar surface area (TPSA) is 48.3 Å². The summed E-state index contributed by atoms with van der Waals surface area (Å²) in [5, 5.41) is 13.3. The van der Waals surface area contributed by atoms with Crippen molar-refractivity contribution in [2.75, 3.05) is 19.7 Å². The molecule has 0 aromatic rings. The smallest absolute Gasteiger partial charge is 0.108 e. The Hall–Kier alpha value is -0.630. The largest absolute Gasteiger partial charge is 0.378 e. The van der Waals surface area contributed by atoms with Crippen LogP contribution in [0, 0.1) is 11.3 Å². The van der Waals surface area contributed by atoms with E-state index in [9.17, 15) is 5.26 Å². The third kappa shape index (κ3) is 3.77. The molecule has 4 heteroatoms. The number of piperidine rings is 1. The second kappa shape index (κ2) is 6.64. The lowest BCUT2D eigenvalue weighted by atomic mass is 9.78. The first kappa shape index (κ1) is 15.3. The zero-order valence-corrected chi connectivity index (χ0v) is 13.3. The maximum Gasteiger partial charge on any atom is 0.108 e. The van der Waals surface area contributed by atoms with Gasteiger partial charge in [-0.2, -0.15) is 5.26 Å². The van der Waals surface area contributed by atoms with Gasteiger partial charge in [0.15, 0.2) is 0 Å². The summed E-state index contributed by atoms with van der Waals surface area (Å²) >= 11 is 0. The monoisotopic (exact) mass is 291 g/mol. The number of nitriles is 1. The number of nitrogens with one attached hydrogen (secondary N) is 1. The van der Waals surface area contributed by atoms with Crippen LogP contribution in [0.15, 0.2) is 0 Å². The molecular weight excluding hydrogens is 262 g/mol. The van der Waals surface area contributed by atoms with Gasteiger partial charge in [-0.25, -0.2) is 0 Å². The van der Waals surface area contributed by atoms with Gasteiger partial charge in [-0.05, 0) is 58.3 Å². The van der Waals surface area contributed by atoms with Gasteiger partial charge < -0.3 is 9.64 Å². The summed E-state index contributed by atoms with van der Waals surface area (Å²) in [6.07, 6.45) is 9.77. The van der Waals surface area contributed by atoms with Gasteiger partial charge in [0.1, 0.15) is 5.54 Å². The molecule has 4 nitrogen and oxygen atoms in total. The lowest BCUT2D eigenvalue weighted by Crippen LogP contribution is -2.55. The van der Waals surface area contributed by atoms with E-state index in [-0.39, 0.29) is 5.54 Å². The van der Waals surface area contributed by atoms with E-state index in [0.29, 0.717) is 18.2 Å². The Morgan fingerprint density at radius 2 is 2.00 bits per heavy atom. The Morgan fingerprint density at radius 3 is 2.62 bits per heavy atom. The van der Waals surface area contributed by atoms with E-state index >= 15 is 0 Å². The van der Waals surface area contributed by atoms with E-state index in [4.69, 9.17) is 4.74 Å². The predicted molar refractivity (Wildman–Crippen MR) is 83.0 cm³/mol. The first-order valence-electron chi connectivity index (χ1n) is 8.79. The van der Waals surface area contributed by atoms with E-state index in [1.807, 2.05) is 0 Å². The summed E-state index contributed by atoms with van der Waals surface area (Å²) in [6.45, 7) is 5.19. The average Bonchev–Trinajstić information content (AvgIpc) is 3.32. The molecule has 2 unspecified atom stereocenters. The highest BCUT2D eigenvalue weighted by molar-refractivity contribution is 5.13. The van der Waals surface area contributed by atoms with Crippen LogP contribution in [0.25, 0.3) is 0 Å². The molecule has 3 rings (SSSR count). The molecule has 1 saturated heterocycles. The molecule has 1 heterocycles. The maximum absolute atomic E-state index is 9.70. The van der Waals surface area contributed by atoms with Crippen molar-refractivity contribution in [1.82, 2.24) is 10.2 Å². The lowest BCUT2D eigenvalue weighted by molar-refractivity contribution is -0.00445. The average molecular weight is 291 g/mol. The third-order valence-electron chi connectivity index (χ3n) is 5.39. The van der Waals surface area contributed by atoms with Gasteiger partial charge in [0.25, 0.3) is 0 Å². The van der Waals surface area contributed by atoms with Crippen molar-refractivity contribution in [1.29, 1.82) is 5.26 Å². The predicted octanol–water partition coefficient (Wildman–Crippen LogP) is 2.44. The van der Waals surface area contributed by atoms with Gasteiger partial charge in [0, 0.05) is 31.8 Å². The standard InChI is InChI=1S/C17H29N3O/c1-2-21-16-7-10-20(11-8-16)15-4-3-9-17(12-15,13-18)19-14-5-6-14/h14-16,19H,2-12H2,1H3. The van der Waals surface area contributed by atoms with Crippen molar-refractivity contribution >= 4 is 0 Å². The molecule has 0 amide bonds. The molecule has 0 aromatic carbocycles. The van der Waals surface area contributed by atoms with Crippen molar-refractivity contribution in [3.8, 4) is 6.07 Å². The van der Waals surface area contributed by atoms with Crippen molar-refractivity contribution in [2.45, 2.75) is 82.0 Å². The molecular formula is C17H29N3O. The minimum atomic E-state index is -0.249. The number of rotatable bonds is 5. The van der Waals surface area contributed by atoms with Gasteiger partial charge in [-0.1, -0.05) is 0 Å². The molecule has 0 radical (unpaired) electrons. The summed E-state index contributed by atoms with van der Waals surface area (Å²) in [5.74, 6) is 0. The van der Waals surface area contributed by atoms with Crippen molar-refractivity contribution in [2.24, 2.45) is 0 Å². The van der Waals surface area contributed by atoms with Crippen LogP contribution in [0.4, 0.5) is 0 Å². The third-order valence-corrected chi connectivity index (χ3v) is 5.39. The zero-order chi connectivity index (χ0) is 14.7. The van der Waals surface area contributed by atoms with Crippen LogP contribution >= 0.6 is 0 Å². The number of ether oxygens (including phenoxy) is 1. The van der Waals surface area contributed by atoms with Crippen LogP contribution < -0.4 is 5.32 Å². The second-order valence-corrected chi connectivity index (χ2v) is 7.05. The number of nitrogens with zero attached hydrogens (tertiary/aromatic N) is 2. The minimum absolute atomic E-state index is 0.249. The van der Waals surface area contributed by atoms with Crippen molar-refractivity contribution in [3.63, 3.8) is 0 Å². The van der Waals surface area contributed by atoms with Gasteiger partial charge >= 0.3 is 0 Å². The summed E-state index contributed by atoms with van der Waals surface area (Å²) in [6, 6.07) is 3.83. The van der Waals surface area contributed by atoms with Gasteiger partial charge in [0.05, 0.1) is 12.2 Å². The van der Waals surface area contributed by atoms with Crippen LogP contribution in [0.3, 0.4) is 0 Å². The molecule has 2 atom stereocenters. The molecule has 1 aliphatic heterocycles. The Bertz CT molecular complexity index is 382. The van der Waals surface area contributed by atoms with E-state index in [0.717, 1.165) is 45.4 Å². The summed E-state index contributed by atoms with van der Waals surface area (Å²) in [4.78, 5) is 2.62. The van der Waals surface area contributed by atoms with Crippen LogP contribution in [0.5, 0.6) is 0 Å². The highest BCUT2D eigenvalue weighted by Gasteiger charge is 2.42. The normalized spacial score (nSPS) is 35.5. The van der Waals surface area contributed by atoms with E-state index in [1.165, 1.54) is 25.7 Å². The first-order valence-corrected chi connectivity index (χ1v) is 8.79. The summed E-state index contributed by atoms with van der Waals surface area (Å²) in [5.41, 5.74) is -0.249. The van der Waals surface area contributed by atoms with Crippen molar-refractivity contribution in [3.05, 3.63) is 0 Å². The SMILES string of the molecule is CCOC1CCN(C2CCCC(C#N)(NC3CC3)C2)CC1. The van der Waals surface area contributed by atoms with E-state index in [1.54, 1.807) is 0 Å². The summed E-state index contributed by atoms with van der Waals surface area (Å²) in [7, 11) is 0. The molecule has 0 bridgehead atoms. The highest BCUT2D eigenvalue weighted by atomic mass is 16.5. The zero-order valence-electron chi connectivity index (χ0n) is 13.3. The molecule has 2 aliphatic carbocycles. The molecule has 118 valence electrons. The Labute approximate surface area is 128 Å². The fourth-order valence-electron chi connectivity index (χ4n) is 4.08. The number of hydrogen-bond acceptors (Lipinski definition) is 4. The molecule has 2 saturated carbocycles. The van der Waals surface area contributed by atoms with Crippen LogP contribution in [0.2, 0.25) is 0 Å². The number of likely N-dealkylation sites (tertiary alicyclic amines) is 1. The Kier molecular flexibility index (Phi) is 4.83. The van der Waals surface area contributed by atoms with Gasteiger partial charge in [-0.15, -0.1) is 0 Å². The molecule has 21 heavy (non-hydrogen) atoms. The fraction of sp³-hybridized carbons (Fsp3) is 0.941. The van der Waals surface area contributed by atoms with Gasteiger partial charge in [-0.3, -0.25) is 5.32 Å². The van der Waals surface area contributed by atoms with Crippen molar-refractivity contribution < 1.29 is 4.74 Å². The number of hydrogen-bond donors (Lipinski definition) is 1. The fourth-order valence-corrected chi connectivity index (χ4v) is 4.08. The van der Waals surface area contributed by atoms with E-state index < -0.39 is 0 Å². The lowest BCUT2D eigenvalue weighted by Gasteiger charge is -2.44. The Balaban J connectivity index is 1.55. The van der Waals surface area contributed by atoms with Crippen LogP contribution in [-0.4, -0.2) is 48.3 Å². The first-order chi connectivity index (χ1) is 10.2. The van der Waals surface area contributed by atoms with Crippen LogP contribution in [0.1, 0.15) is 58.3 Å². The quantitative estimate of drug-likeness (QED) is 0.845. The van der Waals surface area contributed by atoms with Crippen LogP contribution in [-0.2, 0) is 4.74 Å². The molecule has 0 aromatic heterocycles. The molecule has 1 N–H and O–H groups in total. The van der Waals surface area contributed by atoms with Gasteiger partial charge in [0.2, 0.25) is 0 Å². The second-order valence-electron chi connectivity index (χ2n) is 7.05. The highest BCUT2D eigenvalue weighted by Crippen LogP contribution is 2.35. The molecule has 3 aliphatic rings. The summed E-state index contributed by atoms with van der Waals surface area (Å²) < 4.78 is 5.75. The maximum atomic E-state index is 9.70. The molecule has 0 spiro atoms. The van der Waals surface area contributed by atoms with E-state index in [2.05, 4.69) is 23.2 Å². The molecule has 3 fully saturated rings. The Morgan fingerprint density at radius 1 is 1.24 bits per heavy atom.